The van der Waals surface area contributed by atoms with Gasteiger partial charge in [-0.05, 0) is 12.1 Å². The normalized spacial score (nSPS) is 9.75. The molecule has 0 spiro atoms. The van der Waals surface area contributed by atoms with Crippen molar-refractivity contribution >= 4 is 0 Å². The SMILES string of the molecule is COc1cc(OC(F)=C(F)F)ccc1OC(F)=C(F)F. The fraction of sp³-hybridized carbons (Fsp3) is 0.0909. The van der Waals surface area contributed by atoms with Gasteiger partial charge in [-0.15, -0.1) is 0 Å². The Morgan fingerprint density at radius 2 is 1.35 bits per heavy atom. The molecule has 0 saturated carbocycles. The molecule has 0 aliphatic rings. The first kappa shape index (κ1) is 15.7. The number of methoxy groups -OCH3 is 1. The summed E-state index contributed by atoms with van der Waals surface area (Å²) in [6.07, 6.45) is -5.38. The average molecular weight is 300 g/mol. The first-order chi connectivity index (χ1) is 9.35. The lowest BCUT2D eigenvalue weighted by atomic mass is 10.3. The van der Waals surface area contributed by atoms with Gasteiger partial charge in [-0.1, -0.05) is 0 Å². The molecule has 1 aromatic rings. The van der Waals surface area contributed by atoms with Crippen LogP contribution in [0.25, 0.3) is 0 Å². The molecule has 0 fully saturated rings. The molecule has 1 rings (SSSR count). The van der Waals surface area contributed by atoms with E-state index in [1.165, 1.54) is 0 Å². The van der Waals surface area contributed by atoms with Gasteiger partial charge in [0.05, 0.1) is 7.11 Å². The molecule has 0 heterocycles. The van der Waals surface area contributed by atoms with Gasteiger partial charge in [0.15, 0.2) is 11.5 Å². The first-order valence-corrected chi connectivity index (χ1v) is 4.80. The fourth-order valence-electron chi connectivity index (χ4n) is 1.07. The van der Waals surface area contributed by atoms with Crippen LogP contribution >= 0.6 is 0 Å². The summed E-state index contributed by atoms with van der Waals surface area (Å²) in [5, 5.41) is 0. The number of hydrogen-bond acceptors (Lipinski definition) is 3. The highest BCUT2D eigenvalue weighted by molar-refractivity contribution is 5.46. The molecule has 1 aromatic carbocycles. The van der Waals surface area contributed by atoms with Gasteiger partial charge in [-0.25, -0.2) is 0 Å². The van der Waals surface area contributed by atoms with Crippen LogP contribution in [0.4, 0.5) is 26.3 Å². The quantitative estimate of drug-likeness (QED) is 0.591. The maximum atomic E-state index is 12.6. The van der Waals surface area contributed by atoms with Crippen LogP contribution in [0, 0.1) is 0 Å². The smallest absolute Gasteiger partial charge is 0.344 e. The van der Waals surface area contributed by atoms with Gasteiger partial charge < -0.3 is 14.2 Å². The van der Waals surface area contributed by atoms with E-state index in [-0.39, 0.29) is 5.75 Å². The van der Waals surface area contributed by atoms with E-state index in [1.54, 1.807) is 0 Å². The third kappa shape index (κ3) is 4.11. The minimum Gasteiger partial charge on any atom is -0.493 e. The van der Waals surface area contributed by atoms with Crippen LogP contribution in [-0.4, -0.2) is 7.11 Å². The molecule has 0 radical (unpaired) electrons. The van der Waals surface area contributed by atoms with Gasteiger partial charge in [0.1, 0.15) is 5.75 Å². The van der Waals surface area contributed by atoms with Gasteiger partial charge in [-0.2, -0.15) is 26.3 Å². The summed E-state index contributed by atoms with van der Waals surface area (Å²) in [5.74, 6) is -1.23. The second-order valence-corrected chi connectivity index (χ2v) is 3.09. The summed E-state index contributed by atoms with van der Waals surface area (Å²) >= 11 is 0. The molecule has 0 amide bonds. The Bertz CT molecular complexity index is 547. The lowest BCUT2D eigenvalue weighted by molar-refractivity contribution is 0.230. The van der Waals surface area contributed by atoms with Crippen LogP contribution in [0.3, 0.4) is 0 Å². The van der Waals surface area contributed by atoms with Crippen LogP contribution in [-0.2, 0) is 0 Å². The van der Waals surface area contributed by atoms with Crippen LogP contribution < -0.4 is 14.2 Å². The maximum Gasteiger partial charge on any atom is 0.344 e. The van der Waals surface area contributed by atoms with Crippen molar-refractivity contribution in [1.82, 2.24) is 0 Å². The summed E-state index contributed by atoms with van der Waals surface area (Å²) in [4.78, 5) is 0. The monoisotopic (exact) mass is 300 g/mol. The van der Waals surface area contributed by atoms with Crippen LogP contribution in [0.5, 0.6) is 17.2 Å². The molecule has 0 atom stereocenters. The van der Waals surface area contributed by atoms with E-state index in [2.05, 4.69) is 14.2 Å². The largest absolute Gasteiger partial charge is 0.493 e. The predicted octanol–water partition coefficient (Wildman–Crippen LogP) is 4.52. The molecule has 0 N–H and O–H groups in total. The summed E-state index contributed by atoms with van der Waals surface area (Å²) in [7, 11) is 1.07. The summed E-state index contributed by atoms with van der Waals surface area (Å²) < 4.78 is 85.4. The molecule has 0 saturated heterocycles. The number of rotatable bonds is 5. The van der Waals surface area contributed by atoms with Gasteiger partial charge >= 0.3 is 24.2 Å². The molecule has 0 bridgehead atoms. The molecule has 0 aromatic heterocycles. The second kappa shape index (κ2) is 6.73. The minimum atomic E-state index is -2.69. The molecular formula is C11H6F6O3. The number of halogens is 6. The average Bonchev–Trinajstić information content (AvgIpc) is 2.39. The molecule has 110 valence electrons. The summed E-state index contributed by atoms with van der Waals surface area (Å²) in [5.41, 5.74) is 0. The topological polar surface area (TPSA) is 27.7 Å². The van der Waals surface area contributed by atoms with Crippen molar-refractivity contribution in [2.24, 2.45) is 0 Å². The Morgan fingerprint density at radius 1 is 0.800 bits per heavy atom. The highest BCUT2D eigenvalue weighted by Gasteiger charge is 2.14. The Balaban J connectivity index is 3.03. The molecule has 0 aliphatic heterocycles. The lowest BCUT2D eigenvalue weighted by Crippen LogP contribution is -1.96. The Morgan fingerprint density at radius 3 is 1.85 bits per heavy atom. The number of ether oxygens (including phenoxy) is 3. The zero-order valence-electron chi connectivity index (χ0n) is 9.72. The van der Waals surface area contributed by atoms with Gasteiger partial charge in [0.25, 0.3) is 0 Å². The van der Waals surface area contributed by atoms with Crippen LogP contribution in [0.2, 0.25) is 0 Å². The highest BCUT2D eigenvalue weighted by Crippen LogP contribution is 2.34. The van der Waals surface area contributed by atoms with E-state index in [0.717, 1.165) is 25.3 Å². The van der Waals surface area contributed by atoms with E-state index in [1.807, 2.05) is 0 Å². The van der Waals surface area contributed by atoms with E-state index in [4.69, 9.17) is 0 Å². The third-order valence-corrected chi connectivity index (χ3v) is 1.84. The van der Waals surface area contributed by atoms with Crippen molar-refractivity contribution in [1.29, 1.82) is 0 Å². The van der Waals surface area contributed by atoms with E-state index < -0.39 is 35.7 Å². The Labute approximate surface area is 108 Å². The van der Waals surface area contributed by atoms with Crippen LogP contribution in [0.15, 0.2) is 42.4 Å². The molecule has 0 unspecified atom stereocenters. The van der Waals surface area contributed by atoms with Crippen LogP contribution in [0.1, 0.15) is 0 Å². The third-order valence-electron chi connectivity index (χ3n) is 1.84. The van der Waals surface area contributed by atoms with Crippen molar-refractivity contribution in [2.45, 2.75) is 0 Å². The zero-order chi connectivity index (χ0) is 15.3. The second-order valence-electron chi connectivity index (χ2n) is 3.09. The Hall–Kier alpha value is -2.32. The lowest BCUT2D eigenvalue weighted by Gasteiger charge is -2.10. The first-order valence-electron chi connectivity index (χ1n) is 4.80. The summed E-state index contributed by atoms with van der Waals surface area (Å²) in [6, 6.07) is -1.68. The summed E-state index contributed by atoms with van der Waals surface area (Å²) in [6.45, 7) is 0. The van der Waals surface area contributed by atoms with Gasteiger partial charge in [0.2, 0.25) is 0 Å². The minimum absolute atomic E-state index is 0.328. The van der Waals surface area contributed by atoms with Crippen molar-refractivity contribution in [3.63, 3.8) is 0 Å². The van der Waals surface area contributed by atoms with Gasteiger partial charge in [-0.3, -0.25) is 0 Å². The molecule has 20 heavy (non-hydrogen) atoms. The van der Waals surface area contributed by atoms with E-state index in [0.29, 0.717) is 0 Å². The molecule has 0 aliphatic carbocycles. The number of benzene rings is 1. The molecule has 3 nitrogen and oxygen atoms in total. The van der Waals surface area contributed by atoms with E-state index in [9.17, 15) is 26.3 Å². The van der Waals surface area contributed by atoms with Gasteiger partial charge in [0, 0.05) is 6.07 Å². The highest BCUT2D eigenvalue weighted by atomic mass is 19.3. The van der Waals surface area contributed by atoms with E-state index >= 15 is 0 Å². The van der Waals surface area contributed by atoms with Crippen molar-refractivity contribution in [2.75, 3.05) is 7.11 Å². The molecule has 9 heteroatoms. The fourth-order valence-corrected chi connectivity index (χ4v) is 1.07. The van der Waals surface area contributed by atoms with Crippen molar-refractivity contribution in [3.05, 3.63) is 42.4 Å². The Kier molecular flexibility index (Phi) is 5.30. The number of hydrogen-bond donors (Lipinski definition) is 0. The van der Waals surface area contributed by atoms with Crippen molar-refractivity contribution in [3.8, 4) is 17.2 Å². The zero-order valence-corrected chi connectivity index (χ0v) is 9.72. The maximum absolute atomic E-state index is 12.6. The standard InChI is InChI=1S/C11H6F6O3/c1-18-7-4-5(19-10(16)8(12)13)2-3-6(7)20-11(17)9(14)15/h2-4H,1H3. The van der Waals surface area contributed by atoms with Crippen molar-refractivity contribution < 1.29 is 40.6 Å². The predicted molar refractivity (Wildman–Crippen MR) is 55.0 cm³/mol. The molecular weight excluding hydrogens is 294 g/mol.